The molecule has 0 unspecified atom stereocenters. The number of benzene rings is 1. The summed E-state index contributed by atoms with van der Waals surface area (Å²) in [5.41, 5.74) is 0.757. The number of aliphatic hydroxyl groups excluding tert-OH is 1. The van der Waals surface area contributed by atoms with E-state index in [1.807, 2.05) is 57.2 Å². The highest BCUT2D eigenvalue weighted by Gasteiger charge is 2.16. The minimum atomic E-state index is -0.225. The lowest BCUT2D eigenvalue weighted by Gasteiger charge is -2.22. The van der Waals surface area contributed by atoms with Crippen LogP contribution in [-0.4, -0.2) is 33.4 Å². The number of aryl methyl sites for hydroxylation is 1. The first kappa shape index (κ1) is 19.3. The first-order valence-corrected chi connectivity index (χ1v) is 9.64. The van der Waals surface area contributed by atoms with E-state index >= 15 is 0 Å². The zero-order valence-corrected chi connectivity index (χ0v) is 16.6. The second kappa shape index (κ2) is 8.45. The molecule has 27 heavy (non-hydrogen) atoms. The lowest BCUT2D eigenvalue weighted by molar-refractivity contribution is 0.170. The van der Waals surface area contributed by atoms with Gasteiger partial charge in [0.05, 0.1) is 0 Å². The van der Waals surface area contributed by atoms with Gasteiger partial charge in [-0.1, -0.05) is 43.8 Å². The van der Waals surface area contributed by atoms with Crippen molar-refractivity contribution < 1.29 is 5.11 Å². The Morgan fingerprint density at radius 3 is 2.44 bits per heavy atom. The summed E-state index contributed by atoms with van der Waals surface area (Å²) in [6.45, 7) is 6.70. The molecule has 0 amide bonds. The first-order valence-electron chi connectivity index (χ1n) is 8.82. The van der Waals surface area contributed by atoms with Crippen LogP contribution in [0.15, 0.2) is 58.3 Å². The summed E-state index contributed by atoms with van der Waals surface area (Å²) in [7, 11) is 0. The zero-order valence-electron chi connectivity index (χ0n) is 15.8. The average molecular weight is 384 g/mol. The summed E-state index contributed by atoms with van der Waals surface area (Å²) in [6, 6.07) is 16.2. The number of aromatic nitrogens is 3. The van der Waals surface area contributed by atoms with E-state index in [9.17, 15) is 5.11 Å². The molecule has 0 spiro atoms. The summed E-state index contributed by atoms with van der Waals surface area (Å²) >= 11 is 1.67. The number of hydrogen-bond donors (Lipinski definition) is 4. The van der Waals surface area contributed by atoms with Gasteiger partial charge in [0.1, 0.15) is 11.6 Å². The molecule has 0 bridgehead atoms. The van der Waals surface area contributed by atoms with Gasteiger partial charge in [-0.25, -0.2) is 4.98 Å². The van der Waals surface area contributed by atoms with Crippen molar-refractivity contribution in [2.45, 2.75) is 30.6 Å². The van der Waals surface area contributed by atoms with E-state index in [1.54, 1.807) is 11.8 Å². The Bertz CT molecular complexity index is 879. The Morgan fingerprint density at radius 2 is 1.78 bits per heavy atom. The maximum Gasteiger partial charge on any atom is 0.153 e. The maximum atomic E-state index is 9.48. The fourth-order valence-corrected chi connectivity index (χ4v) is 3.25. The number of anilines is 3. The number of rotatable bonds is 8. The third-order valence-corrected chi connectivity index (χ3v) is 4.90. The van der Waals surface area contributed by atoms with Gasteiger partial charge in [-0.3, -0.25) is 5.10 Å². The molecule has 2 heterocycles. The standard InChI is InChI=1S/C20H25N5OS/c1-14-9-19(25-24-14)23-18-11-16(27-15-7-5-4-6-8-15)10-17(22-18)21-12-20(2,3)13-26/h4-11,26H,12-13H2,1-3H3,(H3,21,22,23,24,25). The number of nitrogens with zero attached hydrogens (tertiary/aromatic N) is 2. The summed E-state index contributed by atoms with van der Waals surface area (Å²) in [5.74, 6) is 2.20. The van der Waals surface area contributed by atoms with Gasteiger partial charge in [-0.2, -0.15) is 5.10 Å². The second-order valence-corrected chi connectivity index (χ2v) is 8.37. The van der Waals surface area contributed by atoms with Crippen LogP contribution in [0.5, 0.6) is 0 Å². The smallest absolute Gasteiger partial charge is 0.153 e. The van der Waals surface area contributed by atoms with Crippen molar-refractivity contribution in [3.05, 3.63) is 54.2 Å². The van der Waals surface area contributed by atoms with Crippen molar-refractivity contribution >= 4 is 29.2 Å². The van der Waals surface area contributed by atoms with Crippen LogP contribution in [0.3, 0.4) is 0 Å². The van der Waals surface area contributed by atoms with Gasteiger partial charge in [-0.15, -0.1) is 0 Å². The molecule has 0 saturated heterocycles. The van der Waals surface area contributed by atoms with Gasteiger partial charge in [0, 0.05) is 40.1 Å². The highest BCUT2D eigenvalue weighted by molar-refractivity contribution is 7.99. The van der Waals surface area contributed by atoms with Crippen LogP contribution < -0.4 is 10.6 Å². The van der Waals surface area contributed by atoms with E-state index in [-0.39, 0.29) is 12.0 Å². The van der Waals surface area contributed by atoms with Gasteiger partial charge >= 0.3 is 0 Å². The van der Waals surface area contributed by atoms with Crippen LogP contribution in [0.2, 0.25) is 0 Å². The van der Waals surface area contributed by atoms with Crippen molar-refractivity contribution in [1.29, 1.82) is 0 Å². The zero-order chi connectivity index (χ0) is 19.3. The largest absolute Gasteiger partial charge is 0.396 e. The highest BCUT2D eigenvalue weighted by atomic mass is 32.2. The Labute approximate surface area is 163 Å². The van der Waals surface area contributed by atoms with Gasteiger partial charge in [0.15, 0.2) is 5.82 Å². The monoisotopic (exact) mass is 383 g/mol. The van der Waals surface area contributed by atoms with E-state index in [2.05, 4.69) is 37.9 Å². The summed E-state index contributed by atoms with van der Waals surface area (Å²) in [4.78, 5) is 6.87. The molecule has 2 aromatic heterocycles. The molecule has 3 rings (SSSR count). The Morgan fingerprint density at radius 1 is 1.04 bits per heavy atom. The molecule has 0 fully saturated rings. The third kappa shape index (κ3) is 5.74. The number of aromatic amines is 1. The average Bonchev–Trinajstić information content (AvgIpc) is 3.05. The molecule has 0 saturated carbocycles. The van der Waals surface area contributed by atoms with Crippen molar-refractivity contribution in [3.63, 3.8) is 0 Å². The van der Waals surface area contributed by atoms with E-state index < -0.39 is 0 Å². The second-order valence-electron chi connectivity index (χ2n) is 7.23. The highest BCUT2D eigenvalue weighted by Crippen LogP contribution is 2.31. The van der Waals surface area contributed by atoms with E-state index in [4.69, 9.17) is 0 Å². The molecule has 0 aliphatic heterocycles. The van der Waals surface area contributed by atoms with E-state index in [1.165, 1.54) is 0 Å². The van der Waals surface area contributed by atoms with Crippen LogP contribution in [0.4, 0.5) is 17.5 Å². The van der Waals surface area contributed by atoms with Crippen LogP contribution in [-0.2, 0) is 0 Å². The summed E-state index contributed by atoms with van der Waals surface area (Å²) in [6.07, 6.45) is 0. The molecule has 4 N–H and O–H groups in total. The molecule has 142 valence electrons. The quantitative estimate of drug-likeness (QED) is 0.460. The van der Waals surface area contributed by atoms with E-state index in [0.717, 1.165) is 27.1 Å². The van der Waals surface area contributed by atoms with Crippen molar-refractivity contribution in [3.8, 4) is 0 Å². The van der Waals surface area contributed by atoms with Crippen LogP contribution in [0, 0.1) is 12.3 Å². The molecule has 1 aromatic carbocycles. The molecular weight excluding hydrogens is 358 g/mol. The fraction of sp³-hybridized carbons (Fsp3) is 0.300. The van der Waals surface area contributed by atoms with Crippen molar-refractivity contribution in [2.24, 2.45) is 5.41 Å². The molecule has 0 aliphatic rings. The van der Waals surface area contributed by atoms with Gasteiger partial charge < -0.3 is 15.7 Å². The SMILES string of the molecule is Cc1cc(Nc2cc(Sc3ccccc3)cc(NCC(C)(C)CO)n2)n[nH]1. The number of aliphatic hydroxyl groups is 1. The van der Waals surface area contributed by atoms with Crippen LogP contribution in [0.1, 0.15) is 19.5 Å². The Kier molecular flexibility index (Phi) is 6.03. The third-order valence-electron chi connectivity index (χ3n) is 3.92. The predicted molar refractivity (Wildman–Crippen MR) is 111 cm³/mol. The molecule has 7 heteroatoms. The molecule has 6 nitrogen and oxygen atoms in total. The minimum Gasteiger partial charge on any atom is -0.396 e. The van der Waals surface area contributed by atoms with Crippen LogP contribution in [0.25, 0.3) is 0 Å². The molecule has 3 aromatic rings. The normalized spacial score (nSPS) is 11.4. The summed E-state index contributed by atoms with van der Waals surface area (Å²) in [5, 5.41) is 23.2. The Balaban J connectivity index is 1.84. The first-order chi connectivity index (χ1) is 12.9. The van der Waals surface area contributed by atoms with Crippen molar-refractivity contribution in [1.82, 2.24) is 15.2 Å². The Hall–Kier alpha value is -2.51. The summed E-state index contributed by atoms with van der Waals surface area (Å²) < 4.78 is 0. The van der Waals surface area contributed by atoms with Gasteiger partial charge in [0.25, 0.3) is 0 Å². The number of nitrogens with one attached hydrogen (secondary N) is 3. The predicted octanol–water partition coefficient (Wildman–Crippen LogP) is 4.44. The topological polar surface area (TPSA) is 85.9 Å². The van der Waals surface area contributed by atoms with Crippen LogP contribution >= 0.6 is 11.8 Å². The molecular formula is C20H25N5OS. The maximum absolute atomic E-state index is 9.48. The lowest BCUT2D eigenvalue weighted by Crippen LogP contribution is -2.27. The lowest BCUT2D eigenvalue weighted by atomic mass is 9.95. The number of H-pyrrole nitrogens is 1. The fourth-order valence-electron chi connectivity index (χ4n) is 2.34. The molecule has 0 aliphatic carbocycles. The van der Waals surface area contributed by atoms with E-state index in [0.29, 0.717) is 12.4 Å². The van der Waals surface area contributed by atoms with Crippen molar-refractivity contribution in [2.75, 3.05) is 23.8 Å². The number of hydrogen-bond acceptors (Lipinski definition) is 6. The number of pyridine rings is 1. The minimum absolute atomic E-state index is 0.107. The van der Waals surface area contributed by atoms with Gasteiger partial charge in [0.2, 0.25) is 0 Å². The molecule has 0 atom stereocenters. The van der Waals surface area contributed by atoms with Gasteiger partial charge in [-0.05, 0) is 31.2 Å². The molecule has 0 radical (unpaired) electrons.